The van der Waals surface area contributed by atoms with E-state index in [1.54, 1.807) is 0 Å². The van der Waals surface area contributed by atoms with Gasteiger partial charge in [-0.05, 0) is 43.7 Å². The van der Waals surface area contributed by atoms with Gasteiger partial charge in [-0.3, -0.25) is 0 Å². The maximum atomic E-state index is 9.04. The molecule has 1 aromatic rings. The number of hydrogen-bond donors (Lipinski definition) is 2. The van der Waals surface area contributed by atoms with Crippen molar-refractivity contribution >= 4 is 11.4 Å². The number of nitrogen functional groups attached to an aromatic ring is 1. The highest BCUT2D eigenvalue weighted by Crippen LogP contribution is 2.31. The first-order valence-corrected chi connectivity index (χ1v) is 6.43. The van der Waals surface area contributed by atoms with Crippen molar-refractivity contribution < 1.29 is 5.11 Å². The van der Waals surface area contributed by atoms with Crippen LogP contribution in [-0.4, -0.2) is 24.8 Å². The summed E-state index contributed by atoms with van der Waals surface area (Å²) in [4.78, 5) is 2.38. The molecule has 0 aliphatic carbocycles. The first kappa shape index (κ1) is 12.2. The van der Waals surface area contributed by atoms with Crippen molar-refractivity contribution in [1.82, 2.24) is 0 Å². The summed E-state index contributed by atoms with van der Waals surface area (Å²) < 4.78 is 0. The van der Waals surface area contributed by atoms with Gasteiger partial charge in [-0.1, -0.05) is 12.1 Å². The molecule has 2 rings (SSSR count). The van der Waals surface area contributed by atoms with Crippen LogP contribution in [0.1, 0.15) is 24.8 Å². The number of anilines is 2. The van der Waals surface area contributed by atoms with Crippen LogP contribution in [0.3, 0.4) is 0 Å². The zero-order chi connectivity index (χ0) is 12.3. The van der Waals surface area contributed by atoms with Crippen LogP contribution in [0.2, 0.25) is 0 Å². The normalized spacial score (nSPS) is 20.6. The van der Waals surface area contributed by atoms with E-state index < -0.39 is 0 Å². The summed E-state index contributed by atoms with van der Waals surface area (Å²) in [5, 5.41) is 9.04. The Morgan fingerprint density at radius 3 is 3.00 bits per heavy atom. The van der Waals surface area contributed by atoms with E-state index in [9.17, 15) is 0 Å². The predicted octanol–water partition coefficient (Wildman–Crippen LogP) is 2.18. The molecule has 0 bridgehead atoms. The van der Waals surface area contributed by atoms with E-state index in [2.05, 4.69) is 17.9 Å². The number of para-hydroxylation sites is 1. The lowest BCUT2D eigenvalue weighted by atomic mass is 9.94. The summed E-state index contributed by atoms with van der Waals surface area (Å²) in [6.45, 7) is 4.51. The van der Waals surface area contributed by atoms with E-state index >= 15 is 0 Å². The lowest BCUT2D eigenvalue weighted by Crippen LogP contribution is -2.36. The number of aryl methyl sites for hydroxylation is 1. The zero-order valence-electron chi connectivity index (χ0n) is 10.5. The topological polar surface area (TPSA) is 49.5 Å². The first-order valence-electron chi connectivity index (χ1n) is 6.43. The number of nitrogens with zero attached hydrogens (tertiary/aromatic N) is 1. The Balaban J connectivity index is 2.16. The minimum atomic E-state index is 0.293. The SMILES string of the molecule is Cc1cccc(N)c1N1CCCC(CCO)C1. The van der Waals surface area contributed by atoms with E-state index in [4.69, 9.17) is 10.8 Å². The highest BCUT2D eigenvalue weighted by Gasteiger charge is 2.21. The highest BCUT2D eigenvalue weighted by molar-refractivity contribution is 5.71. The van der Waals surface area contributed by atoms with Crippen LogP contribution in [-0.2, 0) is 0 Å². The molecule has 0 saturated carbocycles. The van der Waals surface area contributed by atoms with Gasteiger partial charge >= 0.3 is 0 Å². The van der Waals surface area contributed by atoms with Gasteiger partial charge in [-0.25, -0.2) is 0 Å². The average molecular weight is 234 g/mol. The summed E-state index contributed by atoms with van der Waals surface area (Å²) in [5.41, 5.74) is 9.39. The smallest absolute Gasteiger partial charge is 0.0629 e. The van der Waals surface area contributed by atoms with Crippen LogP contribution in [0.4, 0.5) is 11.4 Å². The lowest BCUT2D eigenvalue weighted by Gasteiger charge is -2.35. The Morgan fingerprint density at radius 2 is 2.29 bits per heavy atom. The van der Waals surface area contributed by atoms with E-state index in [1.807, 2.05) is 12.1 Å². The predicted molar refractivity (Wildman–Crippen MR) is 72.2 cm³/mol. The summed E-state index contributed by atoms with van der Waals surface area (Å²) in [7, 11) is 0. The molecular weight excluding hydrogens is 212 g/mol. The quantitative estimate of drug-likeness (QED) is 0.788. The Labute approximate surface area is 103 Å². The number of benzene rings is 1. The van der Waals surface area contributed by atoms with Crippen LogP contribution in [0, 0.1) is 12.8 Å². The molecule has 17 heavy (non-hydrogen) atoms. The molecule has 0 radical (unpaired) electrons. The first-order chi connectivity index (χ1) is 8.22. The number of hydrogen-bond acceptors (Lipinski definition) is 3. The largest absolute Gasteiger partial charge is 0.397 e. The summed E-state index contributed by atoms with van der Waals surface area (Å²) in [6.07, 6.45) is 3.32. The number of rotatable bonds is 3. The zero-order valence-corrected chi connectivity index (χ0v) is 10.5. The standard InChI is InChI=1S/C14H22N2O/c1-11-4-2-6-13(15)14(11)16-8-3-5-12(10-16)7-9-17/h2,4,6,12,17H,3,5,7-10,15H2,1H3. The minimum Gasteiger partial charge on any atom is -0.397 e. The summed E-state index contributed by atoms with van der Waals surface area (Å²) in [6, 6.07) is 6.09. The highest BCUT2D eigenvalue weighted by atomic mass is 16.3. The third-order valence-corrected chi connectivity index (χ3v) is 3.64. The van der Waals surface area contributed by atoms with Crippen LogP contribution in [0.5, 0.6) is 0 Å². The van der Waals surface area contributed by atoms with Crippen molar-refractivity contribution in [2.75, 3.05) is 30.3 Å². The summed E-state index contributed by atoms with van der Waals surface area (Å²) >= 11 is 0. The van der Waals surface area contributed by atoms with Gasteiger partial charge < -0.3 is 15.7 Å². The van der Waals surface area contributed by atoms with Gasteiger partial charge in [-0.2, -0.15) is 0 Å². The molecule has 1 saturated heterocycles. The van der Waals surface area contributed by atoms with Gasteiger partial charge in [-0.15, -0.1) is 0 Å². The molecule has 3 N–H and O–H groups in total. The molecule has 3 heteroatoms. The molecule has 1 aliphatic heterocycles. The van der Waals surface area contributed by atoms with Crippen LogP contribution in [0.25, 0.3) is 0 Å². The van der Waals surface area contributed by atoms with Gasteiger partial charge in [0.15, 0.2) is 0 Å². The van der Waals surface area contributed by atoms with E-state index in [-0.39, 0.29) is 0 Å². The molecule has 1 unspecified atom stereocenters. The second-order valence-electron chi connectivity index (χ2n) is 4.98. The van der Waals surface area contributed by atoms with E-state index in [0.29, 0.717) is 12.5 Å². The maximum absolute atomic E-state index is 9.04. The lowest BCUT2D eigenvalue weighted by molar-refractivity contribution is 0.244. The fourth-order valence-electron chi connectivity index (χ4n) is 2.80. The van der Waals surface area contributed by atoms with E-state index in [1.165, 1.54) is 24.1 Å². The third-order valence-electron chi connectivity index (χ3n) is 3.64. The van der Waals surface area contributed by atoms with E-state index in [0.717, 1.165) is 25.2 Å². The minimum absolute atomic E-state index is 0.293. The molecule has 0 spiro atoms. The van der Waals surface area contributed by atoms with Crippen LogP contribution < -0.4 is 10.6 Å². The second kappa shape index (κ2) is 5.41. The van der Waals surface area contributed by atoms with Crippen molar-refractivity contribution in [3.8, 4) is 0 Å². The number of piperidine rings is 1. The average Bonchev–Trinajstić information content (AvgIpc) is 2.30. The third kappa shape index (κ3) is 2.72. The van der Waals surface area contributed by atoms with Gasteiger partial charge in [0.2, 0.25) is 0 Å². The van der Waals surface area contributed by atoms with Crippen LogP contribution in [0.15, 0.2) is 18.2 Å². The molecule has 3 nitrogen and oxygen atoms in total. The second-order valence-corrected chi connectivity index (χ2v) is 4.98. The molecule has 0 aromatic heterocycles. The van der Waals surface area contributed by atoms with Crippen molar-refractivity contribution in [3.63, 3.8) is 0 Å². The molecule has 0 amide bonds. The molecule has 1 fully saturated rings. The number of aliphatic hydroxyl groups is 1. The van der Waals surface area contributed by atoms with Gasteiger partial charge in [0.1, 0.15) is 0 Å². The summed E-state index contributed by atoms with van der Waals surface area (Å²) in [5.74, 6) is 0.604. The van der Waals surface area contributed by atoms with Crippen molar-refractivity contribution in [2.24, 2.45) is 5.92 Å². The fourth-order valence-corrected chi connectivity index (χ4v) is 2.80. The van der Waals surface area contributed by atoms with Gasteiger partial charge in [0, 0.05) is 19.7 Å². The number of nitrogens with two attached hydrogens (primary N) is 1. The molecule has 1 atom stereocenters. The Bertz CT molecular complexity index is 356. The Morgan fingerprint density at radius 1 is 1.47 bits per heavy atom. The van der Waals surface area contributed by atoms with Crippen molar-refractivity contribution in [3.05, 3.63) is 23.8 Å². The van der Waals surface area contributed by atoms with Crippen LogP contribution >= 0.6 is 0 Å². The fraction of sp³-hybridized carbons (Fsp3) is 0.571. The van der Waals surface area contributed by atoms with Gasteiger partial charge in [0.05, 0.1) is 11.4 Å². The van der Waals surface area contributed by atoms with Crippen molar-refractivity contribution in [2.45, 2.75) is 26.2 Å². The Hall–Kier alpha value is -1.22. The van der Waals surface area contributed by atoms with Gasteiger partial charge in [0.25, 0.3) is 0 Å². The Kier molecular flexibility index (Phi) is 3.89. The molecule has 1 heterocycles. The van der Waals surface area contributed by atoms with Crippen molar-refractivity contribution in [1.29, 1.82) is 0 Å². The number of aliphatic hydroxyl groups excluding tert-OH is 1. The monoisotopic (exact) mass is 234 g/mol. The maximum Gasteiger partial charge on any atom is 0.0629 e. The molecule has 1 aliphatic rings. The molecule has 1 aromatic carbocycles. The molecule has 94 valence electrons. The molecular formula is C14H22N2O.